The quantitative estimate of drug-likeness (QED) is 0.837. The first kappa shape index (κ1) is 10.1. The van der Waals surface area contributed by atoms with E-state index >= 15 is 0 Å². The Morgan fingerprint density at radius 2 is 2.27 bits per heavy atom. The summed E-state index contributed by atoms with van der Waals surface area (Å²) in [7, 11) is 0. The Balaban J connectivity index is 2.08. The lowest BCUT2D eigenvalue weighted by Gasteiger charge is -2.09. The highest BCUT2D eigenvalue weighted by Gasteiger charge is 2.01. The van der Waals surface area contributed by atoms with E-state index in [1.54, 1.807) is 6.20 Å². The topological polar surface area (TPSA) is 40.7 Å². The van der Waals surface area contributed by atoms with Crippen LogP contribution in [-0.2, 0) is 6.54 Å². The number of nitrogens with one attached hydrogen (secondary N) is 2. The Morgan fingerprint density at radius 3 is 3.00 bits per heavy atom. The number of H-pyrrole nitrogens is 1. The van der Waals surface area contributed by atoms with Crippen molar-refractivity contribution in [2.45, 2.75) is 13.5 Å². The molecule has 3 nitrogen and oxygen atoms in total. The van der Waals surface area contributed by atoms with E-state index in [1.807, 2.05) is 31.2 Å². The van der Waals surface area contributed by atoms with Gasteiger partial charge in [-0.25, -0.2) is 0 Å². The zero-order valence-electron chi connectivity index (χ0n) is 8.42. The fourth-order valence-corrected chi connectivity index (χ4v) is 1.55. The minimum Gasteiger partial charge on any atom is -0.379 e. The summed E-state index contributed by atoms with van der Waals surface area (Å²) >= 11 is 6.01. The number of rotatable bonds is 3. The summed E-state index contributed by atoms with van der Waals surface area (Å²) in [5.41, 5.74) is 3.17. The fraction of sp³-hybridized carbons (Fsp3) is 0.182. The van der Waals surface area contributed by atoms with Crippen LogP contribution in [0.5, 0.6) is 0 Å². The van der Waals surface area contributed by atoms with Gasteiger partial charge >= 0.3 is 0 Å². The predicted octanol–water partition coefficient (Wildman–Crippen LogP) is 2.98. The molecular formula is C11H12ClN3. The van der Waals surface area contributed by atoms with Gasteiger partial charge in [0.2, 0.25) is 0 Å². The summed E-state index contributed by atoms with van der Waals surface area (Å²) < 4.78 is 0. The van der Waals surface area contributed by atoms with Crippen molar-refractivity contribution in [1.29, 1.82) is 0 Å². The van der Waals surface area contributed by atoms with Crippen molar-refractivity contribution < 1.29 is 0 Å². The molecule has 0 aliphatic heterocycles. The van der Waals surface area contributed by atoms with Crippen LogP contribution in [0.1, 0.15) is 11.3 Å². The van der Waals surface area contributed by atoms with E-state index in [9.17, 15) is 0 Å². The van der Waals surface area contributed by atoms with Crippen molar-refractivity contribution in [2.24, 2.45) is 0 Å². The Bertz CT molecular complexity index is 437. The normalized spacial score (nSPS) is 10.3. The number of aromatic amines is 1. The molecule has 1 heterocycles. The smallest absolute Gasteiger partial charge is 0.0567 e. The maximum Gasteiger partial charge on any atom is 0.0567 e. The second kappa shape index (κ2) is 4.36. The number of benzene rings is 1. The van der Waals surface area contributed by atoms with Crippen molar-refractivity contribution in [3.63, 3.8) is 0 Å². The van der Waals surface area contributed by atoms with E-state index in [-0.39, 0.29) is 0 Å². The van der Waals surface area contributed by atoms with E-state index < -0.39 is 0 Å². The molecule has 0 aliphatic rings. The molecule has 0 saturated carbocycles. The number of nitrogens with zero attached hydrogens (tertiary/aromatic N) is 1. The highest BCUT2D eigenvalue weighted by Crippen LogP contribution is 2.23. The molecule has 2 rings (SSSR count). The third-order valence-corrected chi connectivity index (χ3v) is 2.70. The van der Waals surface area contributed by atoms with E-state index in [1.165, 1.54) is 0 Å². The number of hydrogen-bond donors (Lipinski definition) is 2. The average Bonchev–Trinajstić information content (AvgIpc) is 2.73. The lowest BCUT2D eigenvalue weighted by atomic mass is 10.2. The SMILES string of the molecule is Cc1c(Cl)cccc1NCc1ccn[nH]1. The van der Waals surface area contributed by atoms with Crippen molar-refractivity contribution in [1.82, 2.24) is 10.2 Å². The lowest BCUT2D eigenvalue weighted by molar-refractivity contribution is 0.980. The summed E-state index contributed by atoms with van der Waals surface area (Å²) in [6, 6.07) is 7.77. The molecule has 0 amide bonds. The number of aromatic nitrogens is 2. The van der Waals surface area contributed by atoms with Gasteiger partial charge in [-0.05, 0) is 30.7 Å². The number of halogens is 1. The molecule has 15 heavy (non-hydrogen) atoms. The molecule has 0 unspecified atom stereocenters. The molecule has 2 aromatic rings. The summed E-state index contributed by atoms with van der Waals surface area (Å²) in [6.45, 7) is 2.72. The van der Waals surface area contributed by atoms with Gasteiger partial charge in [-0.15, -0.1) is 0 Å². The zero-order valence-corrected chi connectivity index (χ0v) is 9.17. The highest BCUT2D eigenvalue weighted by molar-refractivity contribution is 6.31. The number of anilines is 1. The van der Waals surface area contributed by atoms with E-state index in [4.69, 9.17) is 11.6 Å². The van der Waals surface area contributed by atoms with Gasteiger partial charge in [0.15, 0.2) is 0 Å². The van der Waals surface area contributed by atoms with Crippen molar-refractivity contribution >= 4 is 17.3 Å². The van der Waals surface area contributed by atoms with Crippen LogP contribution in [0.15, 0.2) is 30.5 Å². The Hall–Kier alpha value is -1.48. The molecule has 0 fully saturated rings. The molecule has 4 heteroatoms. The Morgan fingerprint density at radius 1 is 1.40 bits per heavy atom. The average molecular weight is 222 g/mol. The maximum atomic E-state index is 6.01. The molecule has 1 aromatic heterocycles. The van der Waals surface area contributed by atoms with Crippen LogP contribution in [0.3, 0.4) is 0 Å². The molecule has 1 aromatic carbocycles. The van der Waals surface area contributed by atoms with Crippen LogP contribution in [0, 0.1) is 6.92 Å². The molecule has 0 radical (unpaired) electrons. The molecule has 0 bridgehead atoms. The van der Waals surface area contributed by atoms with Gasteiger partial charge in [-0.2, -0.15) is 5.10 Å². The maximum absolute atomic E-state index is 6.01. The van der Waals surface area contributed by atoms with Crippen molar-refractivity contribution in [3.8, 4) is 0 Å². The second-order valence-corrected chi connectivity index (χ2v) is 3.76. The van der Waals surface area contributed by atoms with Crippen LogP contribution in [0.4, 0.5) is 5.69 Å². The van der Waals surface area contributed by atoms with Crippen LogP contribution in [0.25, 0.3) is 0 Å². The fourth-order valence-electron chi connectivity index (χ4n) is 1.37. The van der Waals surface area contributed by atoms with Crippen LogP contribution in [-0.4, -0.2) is 10.2 Å². The second-order valence-electron chi connectivity index (χ2n) is 3.35. The Labute approximate surface area is 93.5 Å². The van der Waals surface area contributed by atoms with Gasteiger partial charge in [0, 0.05) is 16.9 Å². The van der Waals surface area contributed by atoms with Crippen LogP contribution in [0.2, 0.25) is 5.02 Å². The first-order chi connectivity index (χ1) is 7.27. The van der Waals surface area contributed by atoms with Crippen LogP contribution < -0.4 is 5.32 Å². The predicted molar refractivity (Wildman–Crippen MR) is 62.1 cm³/mol. The molecule has 0 atom stereocenters. The van der Waals surface area contributed by atoms with Gasteiger partial charge in [-0.1, -0.05) is 17.7 Å². The first-order valence-electron chi connectivity index (χ1n) is 4.74. The monoisotopic (exact) mass is 221 g/mol. The summed E-state index contributed by atoms with van der Waals surface area (Å²) in [6.07, 6.45) is 1.74. The van der Waals surface area contributed by atoms with Gasteiger partial charge in [-0.3, -0.25) is 5.10 Å². The van der Waals surface area contributed by atoms with E-state index in [0.29, 0.717) is 0 Å². The van der Waals surface area contributed by atoms with Gasteiger partial charge in [0.25, 0.3) is 0 Å². The summed E-state index contributed by atoms with van der Waals surface area (Å²) in [5.74, 6) is 0. The molecular weight excluding hydrogens is 210 g/mol. The molecule has 0 aliphatic carbocycles. The molecule has 0 saturated heterocycles. The third kappa shape index (κ3) is 2.30. The lowest BCUT2D eigenvalue weighted by Crippen LogP contribution is -2.01. The standard InChI is InChI=1S/C11H12ClN3/c1-8-10(12)3-2-4-11(8)13-7-9-5-6-14-15-9/h2-6,13H,7H2,1H3,(H,14,15). The highest BCUT2D eigenvalue weighted by atomic mass is 35.5. The van der Waals surface area contributed by atoms with Gasteiger partial charge in [0.05, 0.1) is 12.2 Å². The van der Waals surface area contributed by atoms with Gasteiger partial charge in [0.1, 0.15) is 0 Å². The van der Waals surface area contributed by atoms with E-state index in [0.717, 1.165) is 28.5 Å². The molecule has 0 spiro atoms. The number of hydrogen-bond acceptors (Lipinski definition) is 2. The van der Waals surface area contributed by atoms with E-state index in [2.05, 4.69) is 15.5 Å². The third-order valence-electron chi connectivity index (χ3n) is 2.30. The summed E-state index contributed by atoms with van der Waals surface area (Å²) in [5, 5.41) is 10.9. The van der Waals surface area contributed by atoms with Crippen molar-refractivity contribution in [3.05, 3.63) is 46.7 Å². The van der Waals surface area contributed by atoms with Crippen molar-refractivity contribution in [2.75, 3.05) is 5.32 Å². The molecule has 2 N–H and O–H groups in total. The molecule has 78 valence electrons. The summed E-state index contributed by atoms with van der Waals surface area (Å²) in [4.78, 5) is 0. The van der Waals surface area contributed by atoms with Crippen LogP contribution >= 0.6 is 11.6 Å². The minimum atomic E-state index is 0.723. The van der Waals surface area contributed by atoms with Gasteiger partial charge < -0.3 is 5.32 Å². The zero-order chi connectivity index (χ0) is 10.7. The first-order valence-corrected chi connectivity index (χ1v) is 5.12. The largest absolute Gasteiger partial charge is 0.379 e. The minimum absolute atomic E-state index is 0.723. The Kier molecular flexibility index (Phi) is 2.92.